The first-order valence-corrected chi connectivity index (χ1v) is 7.81. The number of benzene rings is 2. The first kappa shape index (κ1) is 18.4. The van der Waals surface area contributed by atoms with E-state index < -0.39 is 17.6 Å². The molecular formula is C17H16ClFN4O2. The van der Waals surface area contributed by atoms with Crippen LogP contribution in [-0.4, -0.2) is 24.6 Å². The van der Waals surface area contributed by atoms with E-state index in [1.54, 1.807) is 43.3 Å². The lowest BCUT2D eigenvalue weighted by molar-refractivity contribution is -0.139. The standard InChI is InChI=1S/C17H16ClFN4O2/c1-2-20-16(24)17(25)23-21-10-11-9-12(18)7-8-14(11)22-15-6-4-3-5-13(15)19/h3-10,22H,2H2,1H3,(H,20,24)(H,23,25)/b21-10-. The average Bonchev–Trinajstić information content (AvgIpc) is 2.59. The Bertz CT molecular complexity index is 811. The van der Waals surface area contributed by atoms with Gasteiger partial charge in [0.25, 0.3) is 0 Å². The van der Waals surface area contributed by atoms with E-state index in [-0.39, 0.29) is 5.69 Å². The number of hydrazone groups is 1. The number of para-hydroxylation sites is 1. The third-order valence-electron chi connectivity index (χ3n) is 3.07. The van der Waals surface area contributed by atoms with Crippen molar-refractivity contribution in [3.63, 3.8) is 0 Å². The number of likely N-dealkylation sites (N-methyl/N-ethyl adjacent to an activating group) is 1. The summed E-state index contributed by atoms with van der Waals surface area (Å²) >= 11 is 5.97. The summed E-state index contributed by atoms with van der Waals surface area (Å²) in [5, 5.41) is 9.46. The molecule has 2 aromatic carbocycles. The van der Waals surface area contributed by atoms with Crippen LogP contribution < -0.4 is 16.1 Å². The van der Waals surface area contributed by atoms with Crippen LogP contribution in [0.4, 0.5) is 15.8 Å². The largest absolute Gasteiger partial charge is 0.353 e. The van der Waals surface area contributed by atoms with Crippen LogP contribution in [0.3, 0.4) is 0 Å². The van der Waals surface area contributed by atoms with Crippen LogP contribution in [0.15, 0.2) is 47.6 Å². The highest BCUT2D eigenvalue weighted by atomic mass is 35.5. The minimum Gasteiger partial charge on any atom is -0.353 e. The molecule has 0 saturated heterocycles. The van der Waals surface area contributed by atoms with Crippen LogP contribution in [-0.2, 0) is 9.59 Å². The molecule has 6 nitrogen and oxygen atoms in total. The maximum Gasteiger partial charge on any atom is 0.329 e. The number of carbonyl (C=O) groups excluding carboxylic acids is 2. The first-order valence-electron chi connectivity index (χ1n) is 7.43. The Morgan fingerprint density at radius 3 is 2.64 bits per heavy atom. The van der Waals surface area contributed by atoms with Gasteiger partial charge in [0.15, 0.2) is 0 Å². The van der Waals surface area contributed by atoms with E-state index in [4.69, 9.17) is 11.6 Å². The van der Waals surface area contributed by atoms with Crippen LogP contribution in [0.25, 0.3) is 0 Å². The molecule has 0 bridgehead atoms. The smallest absolute Gasteiger partial charge is 0.329 e. The summed E-state index contributed by atoms with van der Waals surface area (Å²) in [6.07, 6.45) is 1.31. The predicted molar refractivity (Wildman–Crippen MR) is 95.6 cm³/mol. The molecule has 2 aromatic rings. The van der Waals surface area contributed by atoms with Crippen molar-refractivity contribution in [1.82, 2.24) is 10.7 Å². The molecule has 3 N–H and O–H groups in total. The molecule has 0 aliphatic heterocycles. The fourth-order valence-electron chi connectivity index (χ4n) is 1.91. The van der Waals surface area contributed by atoms with Crippen molar-refractivity contribution in [3.05, 3.63) is 58.9 Å². The van der Waals surface area contributed by atoms with Crippen LogP contribution in [0.5, 0.6) is 0 Å². The van der Waals surface area contributed by atoms with Gasteiger partial charge in [-0.1, -0.05) is 23.7 Å². The summed E-state index contributed by atoms with van der Waals surface area (Å²) in [5.74, 6) is -2.08. The summed E-state index contributed by atoms with van der Waals surface area (Å²) in [6.45, 7) is 2.03. The number of rotatable bonds is 5. The molecule has 0 aromatic heterocycles. The third-order valence-corrected chi connectivity index (χ3v) is 3.31. The lowest BCUT2D eigenvalue weighted by atomic mass is 10.2. The Hall–Kier alpha value is -2.93. The lowest BCUT2D eigenvalue weighted by Crippen LogP contribution is -2.37. The molecule has 0 atom stereocenters. The topological polar surface area (TPSA) is 82.6 Å². The normalized spacial score (nSPS) is 10.5. The lowest BCUT2D eigenvalue weighted by Gasteiger charge is -2.10. The van der Waals surface area contributed by atoms with Crippen LogP contribution in [0.1, 0.15) is 12.5 Å². The van der Waals surface area contributed by atoms with Crippen LogP contribution in [0, 0.1) is 5.82 Å². The SMILES string of the molecule is CCNC(=O)C(=O)N/N=C\c1cc(Cl)ccc1Nc1ccccc1F. The molecule has 0 fully saturated rings. The molecule has 130 valence electrons. The van der Waals surface area contributed by atoms with Crippen molar-refractivity contribution in [2.75, 3.05) is 11.9 Å². The van der Waals surface area contributed by atoms with Crippen molar-refractivity contribution in [3.8, 4) is 0 Å². The summed E-state index contributed by atoms with van der Waals surface area (Å²) in [6, 6.07) is 11.1. The molecule has 8 heteroatoms. The van der Waals surface area contributed by atoms with Crippen molar-refractivity contribution in [2.24, 2.45) is 5.10 Å². The molecular weight excluding hydrogens is 347 g/mol. The Balaban J connectivity index is 2.16. The van der Waals surface area contributed by atoms with Gasteiger partial charge in [0.2, 0.25) is 0 Å². The molecule has 0 heterocycles. The molecule has 25 heavy (non-hydrogen) atoms. The molecule has 2 amide bonds. The van der Waals surface area contributed by atoms with Gasteiger partial charge in [-0.2, -0.15) is 5.10 Å². The molecule has 0 radical (unpaired) electrons. The summed E-state index contributed by atoms with van der Waals surface area (Å²) in [5.41, 5.74) is 3.43. The number of hydrogen-bond acceptors (Lipinski definition) is 4. The minimum absolute atomic E-state index is 0.283. The van der Waals surface area contributed by atoms with Gasteiger partial charge in [0.1, 0.15) is 5.82 Å². The Kier molecular flexibility index (Phi) is 6.47. The van der Waals surface area contributed by atoms with Gasteiger partial charge in [-0.05, 0) is 37.3 Å². The van der Waals surface area contributed by atoms with E-state index in [0.29, 0.717) is 22.8 Å². The maximum absolute atomic E-state index is 13.8. The number of anilines is 2. The maximum atomic E-state index is 13.8. The van der Waals surface area contributed by atoms with E-state index in [1.165, 1.54) is 12.3 Å². The zero-order valence-corrected chi connectivity index (χ0v) is 14.1. The second kappa shape index (κ2) is 8.79. The van der Waals surface area contributed by atoms with E-state index in [1.807, 2.05) is 0 Å². The first-order chi connectivity index (χ1) is 12.0. The number of amides is 2. The van der Waals surface area contributed by atoms with Gasteiger partial charge in [-0.3, -0.25) is 9.59 Å². The second-order valence-electron chi connectivity index (χ2n) is 4.89. The average molecular weight is 363 g/mol. The van der Waals surface area contributed by atoms with Crippen molar-refractivity contribution >= 4 is 41.0 Å². The van der Waals surface area contributed by atoms with Gasteiger partial charge in [0, 0.05) is 22.8 Å². The van der Waals surface area contributed by atoms with Gasteiger partial charge in [0.05, 0.1) is 11.9 Å². The zero-order valence-electron chi connectivity index (χ0n) is 13.3. The highest BCUT2D eigenvalue weighted by Gasteiger charge is 2.10. The van der Waals surface area contributed by atoms with Gasteiger partial charge in [-0.15, -0.1) is 0 Å². The molecule has 0 aliphatic rings. The highest BCUT2D eigenvalue weighted by molar-refractivity contribution is 6.35. The Morgan fingerprint density at radius 2 is 1.92 bits per heavy atom. The van der Waals surface area contributed by atoms with Crippen LogP contribution in [0.2, 0.25) is 5.02 Å². The summed E-state index contributed by atoms with van der Waals surface area (Å²) in [7, 11) is 0. The molecule has 2 rings (SSSR count). The quantitative estimate of drug-likeness (QED) is 0.434. The minimum atomic E-state index is -0.885. The number of carbonyl (C=O) groups is 2. The second-order valence-corrected chi connectivity index (χ2v) is 5.33. The molecule has 0 unspecified atom stereocenters. The molecule has 0 aliphatic carbocycles. The highest BCUT2D eigenvalue weighted by Crippen LogP contribution is 2.24. The monoisotopic (exact) mass is 362 g/mol. The summed E-state index contributed by atoms with van der Waals surface area (Å²) in [4.78, 5) is 22.8. The third kappa shape index (κ3) is 5.29. The van der Waals surface area contributed by atoms with Gasteiger partial charge >= 0.3 is 11.8 Å². The number of nitrogens with zero attached hydrogens (tertiary/aromatic N) is 1. The molecule has 0 saturated carbocycles. The van der Waals surface area contributed by atoms with Gasteiger partial charge in [-0.25, -0.2) is 9.82 Å². The predicted octanol–water partition coefficient (Wildman–Crippen LogP) is 2.81. The fraction of sp³-hybridized carbons (Fsp3) is 0.118. The Morgan fingerprint density at radius 1 is 1.16 bits per heavy atom. The number of hydrogen-bond donors (Lipinski definition) is 3. The van der Waals surface area contributed by atoms with Gasteiger partial charge < -0.3 is 10.6 Å². The van der Waals surface area contributed by atoms with Crippen molar-refractivity contribution in [1.29, 1.82) is 0 Å². The van der Waals surface area contributed by atoms with Crippen molar-refractivity contribution in [2.45, 2.75) is 6.92 Å². The van der Waals surface area contributed by atoms with E-state index in [9.17, 15) is 14.0 Å². The number of nitrogens with one attached hydrogen (secondary N) is 3. The van der Waals surface area contributed by atoms with Crippen molar-refractivity contribution < 1.29 is 14.0 Å². The van der Waals surface area contributed by atoms with Crippen LogP contribution >= 0.6 is 11.6 Å². The summed E-state index contributed by atoms with van der Waals surface area (Å²) < 4.78 is 13.8. The van der Waals surface area contributed by atoms with E-state index >= 15 is 0 Å². The number of halogens is 2. The van der Waals surface area contributed by atoms with E-state index in [0.717, 1.165) is 0 Å². The molecule has 0 spiro atoms. The van der Waals surface area contributed by atoms with E-state index in [2.05, 4.69) is 21.2 Å². The Labute approximate surface area is 149 Å². The fourth-order valence-corrected chi connectivity index (χ4v) is 2.09. The zero-order chi connectivity index (χ0) is 18.2.